The molecule has 1 aromatic carbocycles. The summed E-state index contributed by atoms with van der Waals surface area (Å²) in [5.41, 5.74) is 7.42. The second-order valence-corrected chi connectivity index (χ2v) is 10.6. The maximum atomic E-state index is 11.7. The zero-order chi connectivity index (χ0) is 25.2. The van der Waals surface area contributed by atoms with Crippen molar-refractivity contribution in [2.45, 2.75) is 57.0 Å². The smallest absolute Gasteiger partial charge is 0.224 e. The largest absolute Gasteiger partial charge is 0.381 e. The Hall–Kier alpha value is -2.33. The van der Waals surface area contributed by atoms with E-state index < -0.39 is 0 Å². The van der Waals surface area contributed by atoms with Crippen LogP contribution in [-0.4, -0.2) is 44.7 Å². The van der Waals surface area contributed by atoms with E-state index in [2.05, 4.69) is 20.2 Å². The number of carbonyl (C=O) groups excluding carboxylic acids is 1. The fraction of sp³-hybridized carbons (Fsp3) is 0.500. The number of primary amides is 1. The maximum Gasteiger partial charge on any atom is 0.224 e. The monoisotopic (exact) mass is 551 g/mol. The maximum absolute atomic E-state index is 11.7. The van der Waals surface area contributed by atoms with Crippen molar-refractivity contribution >= 4 is 69.5 Å². The van der Waals surface area contributed by atoms with Gasteiger partial charge in [0.15, 0.2) is 5.65 Å². The number of nitrogens with one attached hydrogen (secondary N) is 2. The number of ether oxygens (including phenoxy) is 1. The van der Waals surface area contributed by atoms with Gasteiger partial charge in [0, 0.05) is 36.2 Å². The number of benzene rings is 1. The second kappa shape index (κ2) is 11.0. The van der Waals surface area contributed by atoms with Crippen molar-refractivity contribution in [1.82, 2.24) is 19.5 Å². The second-order valence-electron chi connectivity index (χ2n) is 9.37. The number of anilines is 3. The molecule has 12 heteroatoms. The molecule has 0 radical (unpaired) electrons. The Bertz CT molecular complexity index is 1230. The van der Waals surface area contributed by atoms with Gasteiger partial charge in [-0.25, -0.2) is 9.97 Å². The van der Waals surface area contributed by atoms with Crippen LogP contribution < -0.4 is 16.4 Å². The summed E-state index contributed by atoms with van der Waals surface area (Å²) < 4.78 is 7.64. The Balaban J connectivity index is 1.51. The summed E-state index contributed by atoms with van der Waals surface area (Å²) in [6.45, 7) is 1.50. The molecule has 1 unspecified atom stereocenters. The number of aromatic nitrogens is 4. The van der Waals surface area contributed by atoms with Crippen molar-refractivity contribution in [3.63, 3.8) is 0 Å². The predicted octanol–water partition coefficient (Wildman–Crippen LogP) is 5.73. The van der Waals surface area contributed by atoms with Crippen LogP contribution in [0.1, 0.15) is 51.0 Å². The fourth-order valence-corrected chi connectivity index (χ4v) is 5.93. The van der Waals surface area contributed by atoms with Crippen LogP contribution in [0.25, 0.3) is 11.2 Å². The molecule has 2 fully saturated rings. The molecule has 2 aromatic heterocycles. The molecule has 4 N–H and O–H groups in total. The highest BCUT2D eigenvalue weighted by Crippen LogP contribution is 2.40. The number of rotatable bonds is 6. The first kappa shape index (κ1) is 25.3. The predicted molar refractivity (Wildman–Crippen MR) is 142 cm³/mol. The third kappa shape index (κ3) is 5.49. The van der Waals surface area contributed by atoms with Gasteiger partial charge in [0.1, 0.15) is 5.52 Å². The van der Waals surface area contributed by atoms with E-state index in [1.807, 2.05) is 0 Å². The molecule has 9 nitrogen and oxygen atoms in total. The first-order valence-corrected chi connectivity index (χ1v) is 13.3. The lowest BCUT2D eigenvalue weighted by molar-refractivity contribution is -0.122. The molecular weight excluding hydrogens is 525 g/mol. The number of nitrogens with two attached hydrogens (primary N) is 1. The quantitative estimate of drug-likeness (QED) is 0.357. The number of nitrogens with zero attached hydrogens (tertiary/aromatic N) is 4. The van der Waals surface area contributed by atoms with E-state index in [-0.39, 0.29) is 23.9 Å². The van der Waals surface area contributed by atoms with Crippen LogP contribution in [0.4, 0.5) is 17.6 Å². The molecule has 192 valence electrons. The normalized spacial score (nSPS) is 22.8. The van der Waals surface area contributed by atoms with Gasteiger partial charge in [-0.2, -0.15) is 4.98 Å². The highest BCUT2D eigenvalue weighted by molar-refractivity contribution is 6.41. The van der Waals surface area contributed by atoms with Crippen LogP contribution >= 0.6 is 34.8 Å². The van der Waals surface area contributed by atoms with E-state index in [0.29, 0.717) is 56.7 Å². The van der Waals surface area contributed by atoms with Gasteiger partial charge >= 0.3 is 0 Å². The van der Waals surface area contributed by atoms with Crippen LogP contribution in [-0.2, 0) is 9.53 Å². The highest BCUT2D eigenvalue weighted by atomic mass is 35.5. The van der Waals surface area contributed by atoms with Gasteiger partial charge in [-0.15, -0.1) is 0 Å². The molecule has 5 rings (SSSR count). The van der Waals surface area contributed by atoms with E-state index in [1.54, 1.807) is 18.3 Å². The Morgan fingerprint density at radius 3 is 2.50 bits per heavy atom. The molecule has 1 saturated heterocycles. The zero-order valence-electron chi connectivity index (χ0n) is 19.6. The van der Waals surface area contributed by atoms with Crippen LogP contribution in [0, 0.1) is 5.92 Å². The number of imidazole rings is 1. The zero-order valence-corrected chi connectivity index (χ0v) is 21.9. The summed E-state index contributed by atoms with van der Waals surface area (Å²) in [7, 11) is 0. The average molecular weight is 553 g/mol. The summed E-state index contributed by atoms with van der Waals surface area (Å²) in [6, 6.07) is 3.56. The Morgan fingerprint density at radius 1 is 1.03 bits per heavy atom. The van der Waals surface area contributed by atoms with Gasteiger partial charge in [0.05, 0.1) is 21.9 Å². The van der Waals surface area contributed by atoms with Gasteiger partial charge in [-0.05, 0) is 57.1 Å². The van der Waals surface area contributed by atoms with Gasteiger partial charge in [-0.3, -0.25) is 9.36 Å². The third-order valence-electron chi connectivity index (χ3n) is 6.93. The standard InChI is InChI=1S/C24H28Cl3N7O2/c25-14-10-17(26)20(18(27)11-14)32-24-31-19-12-29-23(30-15-2-1-8-36-9-7-15)33-22(19)34(24)16-5-3-13(4-6-16)21(28)35/h10-13,15-16H,1-9H2,(H2,28,35)(H,31,32)(H,29,30,33). The summed E-state index contributed by atoms with van der Waals surface area (Å²) in [5, 5.41) is 7.97. The van der Waals surface area contributed by atoms with Gasteiger partial charge in [0.2, 0.25) is 17.8 Å². The molecule has 1 atom stereocenters. The molecule has 36 heavy (non-hydrogen) atoms. The fourth-order valence-electron chi connectivity index (χ4n) is 5.02. The first-order valence-electron chi connectivity index (χ1n) is 12.2. The van der Waals surface area contributed by atoms with Gasteiger partial charge in [-0.1, -0.05) is 34.8 Å². The molecule has 3 aromatic rings. The number of fused-ring (bicyclic) bond motifs is 1. The highest BCUT2D eigenvalue weighted by Gasteiger charge is 2.29. The molecule has 1 aliphatic heterocycles. The van der Waals surface area contributed by atoms with Gasteiger partial charge in [0.25, 0.3) is 0 Å². The number of amides is 1. The van der Waals surface area contributed by atoms with Crippen LogP contribution in [0.5, 0.6) is 0 Å². The minimum Gasteiger partial charge on any atom is -0.381 e. The van der Waals surface area contributed by atoms with Crippen molar-refractivity contribution in [1.29, 1.82) is 0 Å². The lowest BCUT2D eigenvalue weighted by atomic mass is 9.85. The molecule has 1 amide bonds. The molecular formula is C24H28Cl3N7O2. The lowest BCUT2D eigenvalue weighted by Gasteiger charge is -2.29. The summed E-state index contributed by atoms with van der Waals surface area (Å²) >= 11 is 19.0. The van der Waals surface area contributed by atoms with E-state index in [9.17, 15) is 4.79 Å². The van der Waals surface area contributed by atoms with Crippen molar-refractivity contribution in [3.05, 3.63) is 33.4 Å². The Labute approximate surface area is 224 Å². The summed E-state index contributed by atoms with van der Waals surface area (Å²) in [6.07, 6.45) is 7.57. The summed E-state index contributed by atoms with van der Waals surface area (Å²) in [4.78, 5) is 25.9. The van der Waals surface area contributed by atoms with Crippen LogP contribution in [0.3, 0.4) is 0 Å². The molecule has 1 saturated carbocycles. The minimum absolute atomic E-state index is 0.0620. The molecule has 0 bridgehead atoms. The number of hydrogen-bond acceptors (Lipinski definition) is 7. The SMILES string of the molecule is NC(=O)C1CCC(n2c(Nc3c(Cl)cc(Cl)cc3Cl)nc3cnc(NC4CCCOCC4)nc32)CC1. The van der Waals surface area contributed by atoms with Crippen LogP contribution in [0.15, 0.2) is 18.3 Å². The summed E-state index contributed by atoms with van der Waals surface area (Å²) in [5.74, 6) is 0.739. The van der Waals surface area contributed by atoms with E-state index in [4.69, 9.17) is 55.2 Å². The van der Waals surface area contributed by atoms with E-state index in [1.165, 1.54) is 0 Å². The molecule has 2 aliphatic rings. The molecule has 0 spiro atoms. The van der Waals surface area contributed by atoms with Gasteiger partial charge < -0.3 is 21.1 Å². The van der Waals surface area contributed by atoms with E-state index >= 15 is 0 Å². The molecule has 3 heterocycles. The van der Waals surface area contributed by atoms with Crippen LogP contribution in [0.2, 0.25) is 15.1 Å². The first-order chi connectivity index (χ1) is 17.4. The van der Waals surface area contributed by atoms with E-state index in [0.717, 1.165) is 45.3 Å². The topological polar surface area (TPSA) is 120 Å². The van der Waals surface area contributed by atoms with Crippen molar-refractivity contribution in [3.8, 4) is 0 Å². The Kier molecular flexibility index (Phi) is 7.71. The number of hydrogen-bond donors (Lipinski definition) is 3. The van der Waals surface area contributed by atoms with Crippen molar-refractivity contribution in [2.75, 3.05) is 23.8 Å². The van der Waals surface area contributed by atoms with Crippen molar-refractivity contribution in [2.24, 2.45) is 11.7 Å². The molecule has 1 aliphatic carbocycles. The number of halogens is 3. The Morgan fingerprint density at radius 2 is 1.78 bits per heavy atom. The lowest BCUT2D eigenvalue weighted by Crippen LogP contribution is -2.29. The minimum atomic E-state index is -0.247. The van der Waals surface area contributed by atoms with Crippen molar-refractivity contribution < 1.29 is 9.53 Å². The third-order valence-corrected chi connectivity index (χ3v) is 7.74. The average Bonchev–Trinajstić information content (AvgIpc) is 2.99. The number of carbonyl (C=O) groups is 1.